The molecule has 166 valence electrons. The van der Waals surface area contributed by atoms with Crippen molar-refractivity contribution >= 4 is 23.0 Å². The SMILES string of the molecule is S=C1NC(c2ccccn2)C(c2ccn(C3CCCC3)c2)N1CCCNc1ccccc1. The van der Waals surface area contributed by atoms with Crippen LogP contribution in [0, 0.1) is 0 Å². The van der Waals surface area contributed by atoms with E-state index in [9.17, 15) is 0 Å². The summed E-state index contributed by atoms with van der Waals surface area (Å²) in [6, 6.07) is 19.6. The summed E-state index contributed by atoms with van der Waals surface area (Å²) in [5.74, 6) is 0. The van der Waals surface area contributed by atoms with E-state index in [0.29, 0.717) is 6.04 Å². The fourth-order valence-electron chi connectivity index (χ4n) is 5.08. The molecule has 1 saturated carbocycles. The third-order valence-corrected chi connectivity index (χ3v) is 7.05. The fraction of sp³-hybridized carbons (Fsp3) is 0.385. The Balaban J connectivity index is 1.34. The van der Waals surface area contributed by atoms with Crippen LogP contribution in [0.1, 0.15) is 61.5 Å². The first kappa shape index (κ1) is 21.0. The van der Waals surface area contributed by atoms with Gasteiger partial charge in [0.1, 0.15) is 0 Å². The van der Waals surface area contributed by atoms with E-state index in [1.807, 2.05) is 18.3 Å². The predicted molar refractivity (Wildman–Crippen MR) is 134 cm³/mol. The molecule has 0 amide bonds. The average molecular weight is 446 g/mol. The van der Waals surface area contributed by atoms with Gasteiger partial charge < -0.3 is 20.1 Å². The molecule has 6 heteroatoms. The first-order chi connectivity index (χ1) is 15.8. The van der Waals surface area contributed by atoms with Crippen LogP contribution in [0.4, 0.5) is 5.69 Å². The number of pyridine rings is 1. The van der Waals surface area contributed by atoms with Crippen molar-refractivity contribution < 1.29 is 0 Å². The van der Waals surface area contributed by atoms with Crippen LogP contribution in [0.25, 0.3) is 0 Å². The third-order valence-electron chi connectivity index (χ3n) is 6.70. The van der Waals surface area contributed by atoms with Gasteiger partial charge in [0.2, 0.25) is 0 Å². The van der Waals surface area contributed by atoms with Gasteiger partial charge in [0.15, 0.2) is 5.11 Å². The molecule has 3 heterocycles. The second-order valence-corrected chi connectivity index (χ2v) is 9.18. The fourth-order valence-corrected chi connectivity index (χ4v) is 5.41. The summed E-state index contributed by atoms with van der Waals surface area (Å²) in [5.41, 5.74) is 3.51. The Morgan fingerprint density at radius 2 is 1.84 bits per heavy atom. The molecule has 5 rings (SSSR count). The molecule has 2 atom stereocenters. The van der Waals surface area contributed by atoms with Crippen molar-refractivity contribution in [1.29, 1.82) is 0 Å². The van der Waals surface area contributed by atoms with Crippen molar-refractivity contribution in [1.82, 2.24) is 19.8 Å². The molecule has 0 spiro atoms. The van der Waals surface area contributed by atoms with Crippen LogP contribution < -0.4 is 10.6 Å². The number of rotatable bonds is 8. The van der Waals surface area contributed by atoms with Crippen LogP contribution in [-0.2, 0) is 0 Å². The largest absolute Gasteiger partial charge is 0.385 e. The third kappa shape index (κ3) is 4.51. The summed E-state index contributed by atoms with van der Waals surface area (Å²) in [4.78, 5) is 7.01. The maximum absolute atomic E-state index is 5.81. The van der Waals surface area contributed by atoms with Crippen LogP contribution in [0.5, 0.6) is 0 Å². The Hall–Kier alpha value is -2.86. The lowest BCUT2D eigenvalue weighted by atomic mass is 9.99. The van der Waals surface area contributed by atoms with E-state index in [0.717, 1.165) is 36.0 Å². The van der Waals surface area contributed by atoms with E-state index in [-0.39, 0.29) is 12.1 Å². The van der Waals surface area contributed by atoms with Gasteiger partial charge in [-0.2, -0.15) is 0 Å². The standard InChI is InChI=1S/C26H31N5S/c32-26-29-24(23-13-6-7-15-28-23)25(20-14-18-30(19-20)22-11-4-5-12-22)31(26)17-8-16-27-21-9-2-1-3-10-21/h1-3,6-7,9-10,13-15,18-19,22,24-25,27H,4-5,8,11-12,16-17H2,(H,29,32). The molecule has 32 heavy (non-hydrogen) atoms. The maximum Gasteiger partial charge on any atom is 0.170 e. The van der Waals surface area contributed by atoms with Gasteiger partial charge in [-0.05, 0) is 67.4 Å². The minimum atomic E-state index is 0.0604. The number of hydrogen-bond donors (Lipinski definition) is 2. The first-order valence-electron chi connectivity index (χ1n) is 11.7. The second kappa shape index (κ2) is 9.74. The van der Waals surface area contributed by atoms with Gasteiger partial charge >= 0.3 is 0 Å². The zero-order valence-electron chi connectivity index (χ0n) is 18.4. The molecule has 2 N–H and O–H groups in total. The molecule has 2 unspecified atom stereocenters. The van der Waals surface area contributed by atoms with Gasteiger partial charge in [-0.25, -0.2) is 0 Å². The first-order valence-corrected chi connectivity index (χ1v) is 12.1. The highest BCUT2D eigenvalue weighted by atomic mass is 32.1. The van der Waals surface area contributed by atoms with E-state index in [1.165, 1.54) is 31.2 Å². The Morgan fingerprint density at radius 3 is 2.62 bits per heavy atom. The van der Waals surface area contributed by atoms with Crippen molar-refractivity contribution in [3.8, 4) is 0 Å². The maximum atomic E-state index is 5.81. The molecule has 1 aromatic carbocycles. The Kier molecular flexibility index (Phi) is 6.39. The zero-order valence-corrected chi connectivity index (χ0v) is 19.2. The lowest BCUT2D eigenvalue weighted by Gasteiger charge is -2.27. The molecule has 2 fully saturated rings. The average Bonchev–Trinajstić information content (AvgIpc) is 3.58. The van der Waals surface area contributed by atoms with Crippen molar-refractivity contribution in [2.24, 2.45) is 0 Å². The van der Waals surface area contributed by atoms with Crippen molar-refractivity contribution in [2.45, 2.75) is 50.2 Å². The second-order valence-electron chi connectivity index (χ2n) is 8.80. The molecule has 1 aliphatic carbocycles. The lowest BCUT2D eigenvalue weighted by Crippen LogP contribution is -2.31. The van der Waals surface area contributed by atoms with Crippen LogP contribution in [0.15, 0.2) is 73.2 Å². The number of benzene rings is 1. The van der Waals surface area contributed by atoms with Crippen LogP contribution >= 0.6 is 12.2 Å². The van der Waals surface area contributed by atoms with Gasteiger partial charge in [0, 0.05) is 43.4 Å². The Bertz CT molecular complexity index is 1010. The molecular formula is C26H31N5S. The smallest absolute Gasteiger partial charge is 0.170 e. The van der Waals surface area contributed by atoms with Gasteiger partial charge in [0.05, 0.1) is 17.8 Å². The normalized spacial score (nSPS) is 21.1. The van der Waals surface area contributed by atoms with Gasteiger partial charge in [-0.3, -0.25) is 4.98 Å². The minimum absolute atomic E-state index is 0.0604. The molecule has 0 radical (unpaired) electrons. The summed E-state index contributed by atoms with van der Waals surface area (Å²) < 4.78 is 2.42. The molecule has 2 aromatic heterocycles. The summed E-state index contributed by atoms with van der Waals surface area (Å²) in [6.45, 7) is 1.81. The highest BCUT2D eigenvalue weighted by Gasteiger charge is 2.40. The highest BCUT2D eigenvalue weighted by Crippen LogP contribution is 2.40. The summed E-state index contributed by atoms with van der Waals surface area (Å²) in [5, 5.41) is 7.91. The van der Waals surface area contributed by atoms with E-state index in [2.05, 4.69) is 79.9 Å². The van der Waals surface area contributed by atoms with Gasteiger partial charge in [-0.1, -0.05) is 37.1 Å². The number of aromatic nitrogens is 2. The van der Waals surface area contributed by atoms with Crippen molar-refractivity contribution in [3.05, 3.63) is 84.4 Å². The lowest BCUT2D eigenvalue weighted by molar-refractivity contribution is 0.315. The molecular weight excluding hydrogens is 414 g/mol. The predicted octanol–water partition coefficient (Wildman–Crippen LogP) is 5.47. The van der Waals surface area contributed by atoms with Gasteiger partial charge in [-0.15, -0.1) is 0 Å². The number of thiocarbonyl (C=S) groups is 1. The van der Waals surface area contributed by atoms with E-state index >= 15 is 0 Å². The quantitative estimate of drug-likeness (QED) is 0.355. The van der Waals surface area contributed by atoms with Gasteiger partial charge in [0.25, 0.3) is 0 Å². The molecule has 0 bridgehead atoms. The Morgan fingerprint density at radius 1 is 1.03 bits per heavy atom. The monoisotopic (exact) mass is 445 g/mol. The minimum Gasteiger partial charge on any atom is -0.385 e. The summed E-state index contributed by atoms with van der Waals surface area (Å²) >= 11 is 5.81. The van der Waals surface area contributed by atoms with E-state index in [4.69, 9.17) is 12.2 Å². The molecule has 1 saturated heterocycles. The van der Waals surface area contributed by atoms with E-state index < -0.39 is 0 Å². The number of para-hydroxylation sites is 1. The number of anilines is 1. The number of nitrogens with one attached hydrogen (secondary N) is 2. The molecule has 1 aliphatic heterocycles. The van der Waals surface area contributed by atoms with E-state index in [1.54, 1.807) is 0 Å². The number of nitrogens with zero attached hydrogens (tertiary/aromatic N) is 3. The molecule has 2 aliphatic rings. The Labute approximate surface area is 195 Å². The molecule has 3 aromatic rings. The van der Waals surface area contributed by atoms with Crippen LogP contribution in [-0.4, -0.2) is 32.7 Å². The topological polar surface area (TPSA) is 45.1 Å². The molecule has 5 nitrogen and oxygen atoms in total. The van der Waals surface area contributed by atoms with Crippen molar-refractivity contribution in [2.75, 3.05) is 18.4 Å². The van der Waals surface area contributed by atoms with Crippen molar-refractivity contribution in [3.63, 3.8) is 0 Å². The summed E-state index contributed by atoms with van der Waals surface area (Å²) in [7, 11) is 0. The number of hydrogen-bond acceptors (Lipinski definition) is 3. The highest BCUT2D eigenvalue weighted by molar-refractivity contribution is 7.80. The van der Waals surface area contributed by atoms with Crippen LogP contribution in [0.2, 0.25) is 0 Å². The summed E-state index contributed by atoms with van der Waals surface area (Å²) in [6.07, 6.45) is 12.7. The zero-order chi connectivity index (χ0) is 21.8. The van der Waals surface area contributed by atoms with Crippen LogP contribution in [0.3, 0.4) is 0 Å².